The van der Waals surface area contributed by atoms with Crippen LogP contribution in [-0.4, -0.2) is 19.3 Å². The summed E-state index contributed by atoms with van der Waals surface area (Å²) in [5, 5.41) is 0.193. The highest BCUT2D eigenvalue weighted by Gasteiger charge is 2.17. The number of hydrogen-bond donors (Lipinski definition) is 0. The molecule has 0 rings (SSSR count). The molecule has 0 aliphatic heterocycles. The minimum Gasteiger partial charge on any atom is -0.125 e. The van der Waals surface area contributed by atoms with E-state index >= 15 is 0 Å². The van der Waals surface area contributed by atoms with Crippen LogP contribution in [0.15, 0.2) is 0 Å². The summed E-state index contributed by atoms with van der Waals surface area (Å²) in [5.74, 6) is 0.589. The van der Waals surface area contributed by atoms with E-state index in [1.54, 1.807) is 0 Å². The van der Waals surface area contributed by atoms with Gasteiger partial charge in [-0.2, -0.15) is 0 Å². The maximum Gasteiger partial charge on any atom is 0.0457 e. The zero-order valence-electron chi connectivity index (χ0n) is 6.25. The second-order valence-electron chi connectivity index (χ2n) is 3.52. The average Bonchev–Trinajstić information content (AvgIpc) is 1.62. The van der Waals surface area contributed by atoms with E-state index in [9.17, 15) is 0 Å². The fraction of sp³-hybridized carbons (Fsp3) is 1.00. The van der Waals surface area contributed by atoms with Gasteiger partial charge >= 0.3 is 0 Å². The van der Waals surface area contributed by atoms with Crippen LogP contribution in [0.3, 0.4) is 0 Å². The monoisotopic (exact) mass is 184 g/mol. The summed E-state index contributed by atoms with van der Waals surface area (Å²) in [6, 6.07) is 1.12. The van der Waals surface area contributed by atoms with E-state index in [4.69, 9.17) is 23.2 Å². The van der Waals surface area contributed by atoms with Crippen molar-refractivity contribution in [3.63, 3.8) is 0 Å². The molecule has 1 unspecified atom stereocenters. The summed E-state index contributed by atoms with van der Waals surface area (Å²) >= 11 is 11.4. The quantitative estimate of drug-likeness (QED) is 0.468. The normalized spacial score (nSPS) is 15.7. The zero-order chi connectivity index (χ0) is 7.49. The molecule has 0 aliphatic carbocycles. The molecule has 1 atom stereocenters. The Labute approximate surface area is 68.6 Å². The Morgan fingerprint density at radius 2 is 1.78 bits per heavy atom. The predicted molar refractivity (Wildman–Crippen MR) is 48.5 cm³/mol. The van der Waals surface area contributed by atoms with Gasteiger partial charge in [0.1, 0.15) is 0 Å². The highest BCUT2D eigenvalue weighted by molar-refractivity contribution is 6.76. The number of hydrogen-bond acceptors (Lipinski definition) is 0. The first kappa shape index (κ1) is 9.80. The molecule has 56 valence electrons. The van der Waals surface area contributed by atoms with Crippen LogP contribution in [0, 0.1) is 0 Å². The van der Waals surface area contributed by atoms with Gasteiger partial charge in [-0.15, -0.1) is 23.2 Å². The molecule has 9 heavy (non-hydrogen) atoms. The molecule has 0 amide bonds. The largest absolute Gasteiger partial charge is 0.125 e. The van der Waals surface area contributed by atoms with E-state index in [0.29, 0.717) is 5.88 Å². The highest BCUT2D eigenvalue weighted by atomic mass is 35.5. The van der Waals surface area contributed by atoms with Crippen molar-refractivity contribution >= 4 is 31.3 Å². The van der Waals surface area contributed by atoms with Crippen molar-refractivity contribution in [1.29, 1.82) is 0 Å². The molecular formula is C6H14Cl2Si. The van der Waals surface area contributed by atoms with Crippen LogP contribution in [-0.2, 0) is 0 Å². The van der Waals surface area contributed by atoms with E-state index in [1.165, 1.54) is 0 Å². The molecule has 0 aromatic carbocycles. The molecule has 0 fully saturated rings. The van der Waals surface area contributed by atoms with Crippen LogP contribution in [0.1, 0.15) is 0 Å². The fourth-order valence-corrected chi connectivity index (χ4v) is 3.87. The van der Waals surface area contributed by atoms with Gasteiger partial charge in [-0.05, 0) is 6.04 Å². The summed E-state index contributed by atoms with van der Waals surface area (Å²) in [7, 11) is -0.958. The van der Waals surface area contributed by atoms with Gasteiger partial charge in [-0.25, -0.2) is 0 Å². The van der Waals surface area contributed by atoms with Gasteiger partial charge < -0.3 is 0 Å². The van der Waals surface area contributed by atoms with Gasteiger partial charge in [0.05, 0.1) is 0 Å². The van der Waals surface area contributed by atoms with Gasteiger partial charge in [0.15, 0.2) is 0 Å². The second-order valence-corrected chi connectivity index (χ2v) is 9.97. The molecule has 0 nitrogen and oxygen atoms in total. The van der Waals surface area contributed by atoms with Crippen molar-refractivity contribution in [3.05, 3.63) is 0 Å². The smallest absolute Gasteiger partial charge is 0.0457 e. The van der Waals surface area contributed by atoms with E-state index in [1.807, 2.05) is 0 Å². The number of alkyl halides is 2. The van der Waals surface area contributed by atoms with Crippen LogP contribution in [0.4, 0.5) is 0 Å². The SMILES string of the molecule is C[Si](C)(C)CC(Cl)CCl. The fourth-order valence-electron chi connectivity index (χ4n) is 0.719. The average molecular weight is 185 g/mol. The first-order chi connectivity index (χ1) is 3.95. The second kappa shape index (κ2) is 3.84. The van der Waals surface area contributed by atoms with Crippen molar-refractivity contribution in [1.82, 2.24) is 0 Å². The minimum absolute atomic E-state index is 0.193. The Morgan fingerprint density at radius 3 is 1.89 bits per heavy atom. The van der Waals surface area contributed by atoms with Crippen molar-refractivity contribution in [2.24, 2.45) is 0 Å². The van der Waals surface area contributed by atoms with Crippen LogP contribution in [0.2, 0.25) is 25.7 Å². The summed E-state index contributed by atoms with van der Waals surface area (Å²) in [6.07, 6.45) is 0. The lowest BCUT2D eigenvalue weighted by atomic mass is 10.6. The van der Waals surface area contributed by atoms with Gasteiger partial charge in [0, 0.05) is 19.3 Å². The molecule has 0 saturated carbocycles. The molecule has 0 aromatic rings. The number of rotatable bonds is 3. The van der Waals surface area contributed by atoms with Crippen molar-refractivity contribution in [2.45, 2.75) is 31.1 Å². The number of halogens is 2. The van der Waals surface area contributed by atoms with E-state index in [2.05, 4.69) is 19.6 Å². The molecule has 0 aliphatic rings. The first-order valence-electron chi connectivity index (χ1n) is 3.16. The lowest BCUT2D eigenvalue weighted by Crippen LogP contribution is -2.24. The first-order valence-corrected chi connectivity index (χ1v) is 7.83. The maximum atomic E-state index is 5.85. The Morgan fingerprint density at radius 1 is 1.33 bits per heavy atom. The van der Waals surface area contributed by atoms with Crippen molar-refractivity contribution in [2.75, 3.05) is 5.88 Å². The summed E-state index contributed by atoms with van der Waals surface area (Å²) in [5.41, 5.74) is 0. The summed E-state index contributed by atoms with van der Waals surface area (Å²) < 4.78 is 0. The molecule has 0 N–H and O–H groups in total. The molecular weight excluding hydrogens is 171 g/mol. The standard InChI is InChI=1S/C6H14Cl2Si/c1-9(2,3)5-6(8)4-7/h6H,4-5H2,1-3H3. The third kappa shape index (κ3) is 6.69. The van der Waals surface area contributed by atoms with E-state index in [-0.39, 0.29) is 5.38 Å². The lowest BCUT2D eigenvalue weighted by molar-refractivity contribution is 1.07. The summed E-state index contributed by atoms with van der Waals surface area (Å²) in [6.45, 7) is 6.90. The van der Waals surface area contributed by atoms with Crippen LogP contribution in [0.5, 0.6) is 0 Å². The van der Waals surface area contributed by atoms with Gasteiger partial charge in [0.25, 0.3) is 0 Å². The summed E-state index contributed by atoms with van der Waals surface area (Å²) in [4.78, 5) is 0. The lowest BCUT2D eigenvalue weighted by Gasteiger charge is -2.17. The van der Waals surface area contributed by atoms with Gasteiger partial charge in [-0.1, -0.05) is 19.6 Å². The zero-order valence-corrected chi connectivity index (χ0v) is 8.76. The Kier molecular flexibility index (Phi) is 4.18. The molecule has 0 bridgehead atoms. The molecule has 0 saturated heterocycles. The predicted octanol–water partition coefficient (Wildman–Crippen LogP) is 3.17. The third-order valence-corrected chi connectivity index (χ3v) is 3.82. The Bertz CT molecular complexity index is 77.6. The van der Waals surface area contributed by atoms with Crippen LogP contribution >= 0.6 is 23.2 Å². The van der Waals surface area contributed by atoms with Crippen LogP contribution in [0.25, 0.3) is 0 Å². The Balaban J connectivity index is 3.47. The Hall–Kier alpha value is 0.797. The maximum absolute atomic E-state index is 5.85. The molecule has 0 radical (unpaired) electrons. The van der Waals surface area contributed by atoms with E-state index in [0.717, 1.165) is 6.04 Å². The van der Waals surface area contributed by atoms with Crippen molar-refractivity contribution in [3.8, 4) is 0 Å². The van der Waals surface area contributed by atoms with Crippen LogP contribution < -0.4 is 0 Å². The molecule has 0 heterocycles. The molecule has 0 aromatic heterocycles. The van der Waals surface area contributed by atoms with E-state index < -0.39 is 8.07 Å². The van der Waals surface area contributed by atoms with Gasteiger partial charge in [-0.3, -0.25) is 0 Å². The third-order valence-electron chi connectivity index (χ3n) is 1.00. The van der Waals surface area contributed by atoms with Crippen molar-refractivity contribution < 1.29 is 0 Å². The molecule has 0 spiro atoms. The topological polar surface area (TPSA) is 0 Å². The molecule has 3 heteroatoms. The highest BCUT2D eigenvalue weighted by Crippen LogP contribution is 2.16. The van der Waals surface area contributed by atoms with Gasteiger partial charge in [0.2, 0.25) is 0 Å². The minimum atomic E-state index is -0.958.